The Balaban J connectivity index is 1.47. The van der Waals surface area contributed by atoms with Gasteiger partial charge in [0.1, 0.15) is 5.76 Å². The summed E-state index contributed by atoms with van der Waals surface area (Å²) >= 11 is 0. The third kappa shape index (κ3) is 5.11. The van der Waals surface area contributed by atoms with Gasteiger partial charge in [-0.25, -0.2) is 0 Å². The lowest BCUT2D eigenvalue weighted by molar-refractivity contribution is -0.202. The molecular formula is C20H29F2N5O3. The Labute approximate surface area is 174 Å². The molecule has 8 nitrogen and oxygen atoms in total. The van der Waals surface area contributed by atoms with Gasteiger partial charge in [-0.1, -0.05) is 0 Å². The van der Waals surface area contributed by atoms with Gasteiger partial charge in [0.25, 0.3) is 0 Å². The number of alkyl halides is 2. The normalized spacial score (nSPS) is 30.8. The van der Waals surface area contributed by atoms with Gasteiger partial charge in [0.2, 0.25) is 5.91 Å². The van der Waals surface area contributed by atoms with Crippen molar-refractivity contribution >= 4 is 5.91 Å². The number of hydrogen-bond acceptors (Lipinski definition) is 7. The Bertz CT molecular complexity index is 749. The maximum Gasteiger partial charge on any atom is 0.394 e. The monoisotopic (exact) mass is 425 g/mol. The molecule has 1 aliphatic carbocycles. The third-order valence-electron chi connectivity index (χ3n) is 5.65. The number of rotatable bonds is 5. The highest BCUT2D eigenvalue weighted by atomic mass is 19.3. The number of nitrogens with one attached hydrogen (secondary N) is 4. The summed E-state index contributed by atoms with van der Waals surface area (Å²) in [5.41, 5.74) is 1.60. The molecule has 0 radical (unpaired) electrons. The second kappa shape index (κ2) is 8.91. The molecule has 3 atom stereocenters. The third-order valence-corrected chi connectivity index (χ3v) is 5.65. The van der Waals surface area contributed by atoms with Crippen LogP contribution in [0.4, 0.5) is 8.78 Å². The molecule has 10 heteroatoms. The van der Waals surface area contributed by atoms with Gasteiger partial charge < -0.3 is 25.4 Å². The van der Waals surface area contributed by atoms with E-state index >= 15 is 0 Å². The number of allylic oxidation sites excluding steroid dienone is 1. The highest BCUT2D eigenvalue weighted by Gasteiger charge is 2.35. The van der Waals surface area contributed by atoms with Crippen LogP contribution in [-0.4, -0.2) is 61.7 Å². The van der Waals surface area contributed by atoms with Gasteiger partial charge in [-0.15, -0.1) is 0 Å². The van der Waals surface area contributed by atoms with Crippen LogP contribution in [0.1, 0.15) is 32.6 Å². The first-order valence-corrected chi connectivity index (χ1v) is 10.5. The Morgan fingerprint density at radius 1 is 1.27 bits per heavy atom. The van der Waals surface area contributed by atoms with E-state index in [1.165, 1.54) is 0 Å². The fourth-order valence-corrected chi connectivity index (χ4v) is 4.28. The van der Waals surface area contributed by atoms with Crippen LogP contribution in [-0.2, 0) is 14.3 Å². The summed E-state index contributed by atoms with van der Waals surface area (Å²) in [7, 11) is 0. The molecular weight excluding hydrogens is 396 g/mol. The van der Waals surface area contributed by atoms with Crippen LogP contribution in [0.25, 0.3) is 0 Å². The van der Waals surface area contributed by atoms with E-state index in [0.29, 0.717) is 45.0 Å². The summed E-state index contributed by atoms with van der Waals surface area (Å²) in [6, 6.07) is -0.0792. The number of halogens is 2. The van der Waals surface area contributed by atoms with E-state index in [1.54, 1.807) is 6.08 Å². The molecule has 0 bridgehead atoms. The number of nitrogens with zero attached hydrogens (tertiary/aromatic N) is 1. The Morgan fingerprint density at radius 2 is 2.10 bits per heavy atom. The molecule has 4 aliphatic rings. The van der Waals surface area contributed by atoms with Gasteiger partial charge in [0, 0.05) is 38.2 Å². The molecule has 0 aromatic carbocycles. The Kier molecular flexibility index (Phi) is 6.26. The average Bonchev–Trinajstić information content (AvgIpc) is 2.73. The Morgan fingerprint density at radius 3 is 2.87 bits per heavy atom. The van der Waals surface area contributed by atoms with Crippen LogP contribution in [0.15, 0.2) is 35.4 Å². The second-order valence-corrected chi connectivity index (χ2v) is 8.00. The first-order valence-electron chi connectivity index (χ1n) is 10.5. The number of ether oxygens (including phenoxy) is 2. The van der Waals surface area contributed by atoms with E-state index < -0.39 is 12.4 Å². The van der Waals surface area contributed by atoms with Gasteiger partial charge in [0.05, 0.1) is 25.4 Å². The zero-order valence-electron chi connectivity index (χ0n) is 17.0. The van der Waals surface area contributed by atoms with E-state index in [4.69, 9.17) is 9.47 Å². The molecule has 1 amide bonds. The average molecular weight is 425 g/mol. The molecule has 0 saturated carbocycles. The van der Waals surface area contributed by atoms with Gasteiger partial charge in [0.15, 0.2) is 6.29 Å². The lowest BCUT2D eigenvalue weighted by Gasteiger charge is -2.42. The van der Waals surface area contributed by atoms with Crippen molar-refractivity contribution in [2.75, 3.05) is 26.4 Å². The minimum Gasteiger partial charge on any atom is -0.437 e. The number of carbonyl (C=O) groups is 1. The fourth-order valence-electron chi connectivity index (χ4n) is 4.28. The molecule has 1 saturated heterocycles. The number of morpholine rings is 1. The summed E-state index contributed by atoms with van der Waals surface area (Å²) < 4.78 is 37.9. The van der Waals surface area contributed by atoms with Crippen LogP contribution in [0.5, 0.6) is 0 Å². The number of amides is 1. The van der Waals surface area contributed by atoms with E-state index in [9.17, 15) is 13.6 Å². The molecule has 0 aromatic rings. The summed E-state index contributed by atoms with van der Waals surface area (Å²) in [6.45, 7) is 2.93. The minimum atomic E-state index is -3.21. The second-order valence-electron chi connectivity index (χ2n) is 8.00. The predicted molar refractivity (Wildman–Crippen MR) is 106 cm³/mol. The van der Waals surface area contributed by atoms with E-state index in [1.807, 2.05) is 12.3 Å². The quantitative estimate of drug-likeness (QED) is 0.524. The number of hydrogen-bond donors (Lipinski definition) is 4. The van der Waals surface area contributed by atoms with Gasteiger partial charge in [-0.2, -0.15) is 8.78 Å². The molecule has 0 spiro atoms. The predicted octanol–water partition coefficient (Wildman–Crippen LogP) is 1.06. The van der Waals surface area contributed by atoms with Crippen LogP contribution in [0, 0.1) is 0 Å². The van der Waals surface area contributed by atoms with Crippen molar-refractivity contribution in [2.45, 2.75) is 57.2 Å². The summed E-state index contributed by atoms with van der Waals surface area (Å²) in [4.78, 5) is 14.4. The molecule has 3 heterocycles. The SMILES string of the molecule is CC(F)(F)OC1=C(C2CN(C3NC(=O)C=C(C4C=CNCN4)N3)CCO2)CCCC1. The molecule has 1 fully saturated rings. The summed E-state index contributed by atoms with van der Waals surface area (Å²) in [5, 5.41) is 12.7. The van der Waals surface area contributed by atoms with Crippen molar-refractivity contribution in [2.24, 2.45) is 0 Å². The van der Waals surface area contributed by atoms with Crippen LogP contribution < -0.4 is 21.3 Å². The maximum atomic E-state index is 13.5. The smallest absolute Gasteiger partial charge is 0.394 e. The highest BCUT2D eigenvalue weighted by Crippen LogP contribution is 2.34. The van der Waals surface area contributed by atoms with Crippen molar-refractivity contribution in [1.29, 1.82) is 0 Å². The van der Waals surface area contributed by atoms with E-state index in [-0.39, 0.29) is 18.1 Å². The standard InChI is InChI=1S/C20H29F2N5O3/c1-20(21,22)30-16-5-3-2-4-13(16)17-11-27(8-9-29-17)19-25-15(10-18(28)26-19)14-6-7-23-12-24-14/h6-7,10,14,17,19,23-25H,2-5,8-9,11-12H2,1H3,(H,26,28). The topological polar surface area (TPSA) is 86.9 Å². The zero-order chi connectivity index (χ0) is 21.1. The van der Waals surface area contributed by atoms with Crippen molar-refractivity contribution in [1.82, 2.24) is 26.2 Å². The summed E-state index contributed by atoms with van der Waals surface area (Å²) in [5.74, 6) is 0.183. The van der Waals surface area contributed by atoms with Crippen molar-refractivity contribution in [3.8, 4) is 0 Å². The van der Waals surface area contributed by atoms with Crippen molar-refractivity contribution in [3.05, 3.63) is 35.4 Å². The minimum absolute atomic E-state index is 0.0792. The van der Waals surface area contributed by atoms with Crippen LogP contribution in [0.2, 0.25) is 0 Å². The molecule has 3 unspecified atom stereocenters. The van der Waals surface area contributed by atoms with Gasteiger partial charge in [-0.3, -0.25) is 15.0 Å². The van der Waals surface area contributed by atoms with Crippen molar-refractivity contribution < 1.29 is 23.0 Å². The van der Waals surface area contributed by atoms with Crippen molar-refractivity contribution in [3.63, 3.8) is 0 Å². The molecule has 166 valence electrons. The molecule has 4 rings (SSSR count). The van der Waals surface area contributed by atoms with Crippen LogP contribution >= 0.6 is 0 Å². The molecule has 3 aliphatic heterocycles. The Hall–Kier alpha value is -2.17. The molecule has 0 aromatic heterocycles. The van der Waals surface area contributed by atoms with Crippen LogP contribution in [0.3, 0.4) is 0 Å². The lowest BCUT2D eigenvalue weighted by atomic mass is 9.92. The molecule has 30 heavy (non-hydrogen) atoms. The van der Waals surface area contributed by atoms with Gasteiger partial charge in [-0.05, 0) is 37.1 Å². The first kappa shape index (κ1) is 21.1. The largest absolute Gasteiger partial charge is 0.437 e. The fraction of sp³-hybridized carbons (Fsp3) is 0.650. The summed E-state index contributed by atoms with van der Waals surface area (Å²) in [6.07, 6.45) is 4.36. The zero-order valence-corrected chi connectivity index (χ0v) is 17.0. The van der Waals surface area contributed by atoms with E-state index in [0.717, 1.165) is 31.0 Å². The van der Waals surface area contributed by atoms with Gasteiger partial charge >= 0.3 is 6.11 Å². The molecule has 4 N–H and O–H groups in total. The lowest BCUT2D eigenvalue weighted by Crippen LogP contribution is -2.63. The van der Waals surface area contributed by atoms with E-state index in [2.05, 4.69) is 26.2 Å². The maximum absolute atomic E-state index is 13.5. The highest BCUT2D eigenvalue weighted by molar-refractivity contribution is 5.89. The number of carbonyl (C=O) groups excluding carboxylic acids is 1. The first-order chi connectivity index (χ1) is 14.4.